The molecule has 0 aromatic carbocycles. The van der Waals surface area contributed by atoms with E-state index in [4.69, 9.17) is 5.73 Å². The van der Waals surface area contributed by atoms with Crippen LogP contribution in [0.4, 0.5) is 0 Å². The van der Waals surface area contributed by atoms with Gasteiger partial charge in [-0.1, -0.05) is 27.7 Å². The van der Waals surface area contributed by atoms with E-state index in [0.717, 1.165) is 18.8 Å². The largest absolute Gasteiger partial charge is 0.352 e. The van der Waals surface area contributed by atoms with Crippen LogP contribution >= 0.6 is 0 Å². The van der Waals surface area contributed by atoms with Crippen molar-refractivity contribution in [1.29, 1.82) is 0 Å². The fraction of sp³-hybridized carbons (Fsp3) is 0.923. The molecule has 0 bridgehead atoms. The Morgan fingerprint density at radius 2 is 1.75 bits per heavy atom. The molecule has 0 aliphatic heterocycles. The van der Waals surface area contributed by atoms with Gasteiger partial charge in [0.1, 0.15) is 0 Å². The number of carbonyl (C=O) groups excluding carboxylic acids is 1. The highest BCUT2D eigenvalue weighted by atomic mass is 16.2. The summed E-state index contributed by atoms with van der Waals surface area (Å²) in [4.78, 5) is 11.9. The molecule has 1 unspecified atom stereocenters. The topological polar surface area (TPSA) is 55.1 Å². The van der Waals surface area contributed by atoms with Crippen LogP contribution in [0.1, 0.15) is 53.4 Å². The van der Waals surface area contributed by atoms with Crippen LogP contribution in [0.5, 0.6) is 0 Å². The predicted molar refractivity (Wildman–Crippen MR) is 67.0 cm³/mol. The first kappa shape index (κ1) is 13.5. The number of nitrogens with one attached hydrogen (secondary N) is 1. The van der Waals surface area contributed by atoms with Crippen LogP contribution in [0.15, 0.2) is 0 Å². The number of hydrogen-bond donors (Lipinski definition) is 2. The first-order valence-electron chi connectivity index (χ1n) is 6.36. The van der Waals surface area contributed by atoms with Crippen LogP contribution in [0.2, 0.25) is 0 Å². The van der Waals surface area contributed by atoms with Crippen LogP contribution < -0.4 is 11.1 Å². The predicted octanol–water partition coefficient (Wildman–Crippen LogP) is 2.05. The van der Waals surface area contributed by atoms with Crippen molar-refractivity contribution in [1.82, 2.24) is 5.32 Å². The molecule has 1 aliphatic rings. The SMILES string of the molecule is CC1CCC(NC(=O)C(N)C(C)(C)C)CC1. The van der Waals surface area contributed by atoms with Crippen molar-refractivity contribution in [2.24, 2.45) is 17.1 Å². The summed E-state index contributed by atoms with van der Waals surface area (Å²) in [6, 6.07) is -0.0658. The van der Waals surface area contributed by atoms with Gasteiger partial charge in [0, 0.05) is 6.04 Å². The summed E-state index contributed by atoms with van der Waals surface area (Å²) < 4.78 is 0. The van der Waals surface area contributed by atoms with E-state index in [-0.39, 0.29) is 11.3 Å². The summed E-state index contributed by atoms with van der Waals surface area (Å²) in [6.07, 6.45) is 4.64. The number of rotatable bonds is 2. The number of carbonyl (C=O) groups is 1. The highest BCUT2D eigenvalue weighted by molar-refractivity contribution is 5.82. The fourth-order valence-corrected chi connectivity index (χ4v) is 2.09. The second-order valence-electron chi connectivity index (χ2n) is 6.31. The van der Waals surface area contributed by atoms with Gasteiger partial charge in [-0.15, -0.1) is 0 Å². The third-order valence-corrected chi connectivity index (χ3v) is 3.58. The quantitative estimate of drug-likeness (QED) is 0.757. The summed E-state index contributed by atoms with van der Waals surface area (Å²) in [5.74, 6) is 0.816. The lowest BCUT2D eigenvalue weighted by Crippen LogP contribution is -2.51. The molecule has 1 fully saturated rings. The zero-order valence-corrected chi connectivity index (χ0v) is 11.0. The van der Waals surface area contributed by atoms with Crippen LogP contribution in [0.25, 0.3) is 0 Å². The Hall–Kier alpha value is -0.570. The molecule has 0 aromatic heterocycles. The summed E-state index contributed by atoms with van der Waals surface area (Å²) >= 11 is 0. The highest BCUT2D eigenvalue weighted by Gasteiger charge is 2.29. The van der Waals surface area contributed by atoms with Gasteiger partial charge in [-0.05, 0) is 37.0 Å². The maximum absolute atomic E-state index is 11.9. The first-order valence-corrected chi connectivity index (χ1v) is 6.36. The lowest BCUT2D eigenvalue weighted by atomic mass is 9.85. The van der Waals surface area contributed by atoms with E-state index in [1.165, 1.54) is 12.8 Å². The molecule has 94 valence electrons. The van der Waals surface area contributed by atoms with Gasteiger partial charge >= 0.3 is 0 Å². The second kappa shape index (κ2) is 5.17. The highest BCUT2D eigenvalue weighted by Crippen LogP contribution is 2.24. The van der Waals surface area contributed by atoms with Gasteiger partial charge in [0.25, 0.3) is 0 Å². The van der Waals surface area contributed by atoms with Crippen LogP contribution in [0, 0.1) is 11.3 Å². The van der Waals surface area contributed by atoms with Crippen molar-refractivity contribution in [3.63, 3.8) is 0 Å². The van der Waals surface area contributed by atoms with Gasteiger partial charge < -0.3 is 11.1 Å². The molecule has 1 aliphatic carbocycles. The standard InChI is InChI=1S/C13H26N2O/c1-9-5-7-10(8-6-9)15-12(16)11(14)13(2,3)4/h9-11H,5-8,14H2,1-4H3,(H,15,16). The number of nitrogens with two attached hydrogens (primary N) is 1. The minimum Gasteiger partial charge on any atom is -0.352 e. The molecule has 1 rings (SSSR count). The molecule has 3 N–H and O–H groups in total. The van der Waals surface area contributed by atoms with Gasteiger partial charge in [-0.25, -0.2) is 0 Å². The Balaban J connectivity index is 2.40. The maximum Gasteiger partial charge on any atom is 0.237 e. The molecular formula is C13H26N2O. The lowest BCUT2D eigenvalue weighted by molar-refractivity contribution is -0.125. The van der Waals surface area contributed by atoms with E-state index in [1.807, 2.05) is 20.8 Å². The zero-order valence-electron chi connectivity index (χ0n) is 11.0. The Bertz CT molecular complexity index is 237. The van der Waals surface area contributed by atoms with Gasteiger partial charge in [0.05, 0.1) is 6.04 Å². The van der Waals surface area contributed by atoms with Crippen molar-refractivity contribution in [2.75, 3.05) is 0 Å². The molecule has 0 spiro atoms. The molecule has 3 nitrogen and oxygen atoms in total. The van der Waals surface area contributed by atoms with E-state index in [2.05, 4.69) is 12.2 Å². The van der Waals surface area contributed by atoms with Crippen molar-refractivity contribution >= 4 is 5.91 Å². The van der Waals surface area contributed by atoms with E-state index in [0.29, 0.717) is 6.04 Å². The number of hydrogen-bond acceptors (Lipinski definition) is 2. The third kappa shape index (κ3) is 3.78. The van der Waals surface area contributed by atoms with E-state index < -0.39 is 6.04 Å². The molecule has 16 heavy (non-hydrogen) atoms. The summed E-state index contributed by atoms with van der Waals surface area (Å²) in [5.41, 5.74) is 5.77. The summed E-state index contributed by atoms with van der Waals surface area (Å²) in [7, 11) is 0. The van der Waals surface area contributed by atoms with E-state index in [9.17, 15) is 4.79 Å². The monoisotopic (exact) mass is 226 g/mol. The minimum absolute atomic E-state index is 0.00653. The second-order valence-corrected chi connectivity index (χ2v) is 6.31. The Morgan fingerprint density at radius 3 is 2.19 bits per heavy atom. The molecule has 0 saturated heterocycles. The Labute approximate surface area is 99.2 Å². The van der Waals surface area contributed by atoms with Gasteiger partial charge in [-0.2, -0.15) is 0 Å². The average Bonchev–Trinajstić information content (AvgIpc) is 2.19. The minimum atomic E-state index is -0.410. The molecule has 1 atom stereocenters. The molecule has 0 heterocycles. The normalized spacial score (nSPS) is 28.6. The maximum atomic E-state index is 11.9. The smallest absolute Gasteiger partial charge is 0.237 e. The summed E-state index contributed by atoms with van der Waals surface area (Å²) in [6.45, 7) is 8.28. The van der Waals surface area contributed by atoms with Gasteiger partial charge in [-0.3, -0.25) is 4.79 Å². The van der Waals surface area contributed by atoms with Crippen LogP contribution in [-0.2, 0) is 4.79 Å². The van der Waals surface area contributed by atoms with Crippen molar-refractivity contribution in [3.8, 4) is 0 Å². The van der Waals surface area contributed by atoms with E-state index in [1.54, 1.807) is 0 Å². The van der Waals surface area contributed by atoms with Crippen molar-refractivity contribution in [2.45, 2.75) is 65.5 Å². The molecule has 1 saturated carbocycles. The third-order valence-electron chi connectivity index (χ3n) is 3.58. The fourth-order valence-electron chi connectivity index (χ4n) is 2.09. The van der Waals surface area contributed by atoms with Gasteiger partial charge in [0.2, 0.25) is 5.91 Å². The van der Waals surface area contributed by atoms with E-state index >= 15 is 0 Å². The lowest BCUT2D eigenvalue weighted by Gasteiger charge is -2.31. The Morgan fingerprint density at radius 1 is 1.25 bits per heavy atom. The molecular weight excluding hydrogens is 200 g/mol. The average molecular weight is 226 g/mol. The van der Waals surface area contributed by atoms with Crippen LogP contribution in [0.3, 0.4) is 0 Å². The zero-order chi connectivity index (χ0) is 12.3. The van der Waals surface area contributed by atoms with Crippen molar-refractivity contribution < 1.29 is 4.79 Å². The van der Waals surface area contributed by atoms with Crippen molar-refractivity contribution in [3.05, 3.63) is 0 Å². The summed E-state index contributed by atoms with van der Waals surface area (Å²) in [5, 5.41) is 3.08. The molecule has 0 radical (unpaired) electrons. The van der Waals surface area contributed by atoms with Crippen LogP contribution in [-0.4, -0.2) is 18.0 Å². The number of amides is 1. The Kier molecular flexibility index (Phi) is 4.36. The first-order chi connectivity index (χ1) is 7.30. The molecule has 3 heteroatoms. The molecule has 1 amide bonds. The molecule has 0 aromatic rings. The van der Waals surface area contributed by atoms with Gasteiger partial charge in [0.15, 0.2) is 0 Å².